The van der Waals surface area contributed by atoms with E-state index in [-0.39, 0.29) is 0 Å². The van der Waals surface area contributed by atoms with E-state index in [2.05, 4.69) is 10.3 Å². The Morgan fingerprint density at radius 3 is 2.79 bits per heavy atom. The zero-order valence-corrected chi connectivity index (χ0v) is 10.2. The summed E-state index contributed by atoms with van der Waals surface area (Å²) in [6.07, 6.45) is 2.74. The number of thiazole rings is 1. The van der Waals surface area contributed by atoms with Crippen LogP contribution in [0.2, 0.25) is 4.34 Å². The third kappa shape index (κ3) is 3.43. The number of rotatable bonds is 4. The minimum Gasteiger partial charge on any atom is -0.360 e. The number of nitrogens with zero attached hydrogens (tertiary/aromatic N) is 1. The largest absolute Gasteiger partial charge is 0.360 e. The van der Waals surface area contributed by atoms with Gasteiger partial charge < -0.3 is 5.32 Å². The standard InChI is InChI=1S/C7H11ClN2O2S2/c1-5(14(2,11)12)3-9-7-10-4-6(8)13-7/h4-5H,3H2,1-2H3,(H,9,10). The first-order chi connectivity index (χ1) is 6.39. The van der Waals surface area contributed by atoms with Crippen molar-refractivity contribution in [2.45, 2.75) is 12.2 Å². The molecule has 80 valence electrons. The summed E-state index contributed by atoms with van der Waals surface area (Å²) in [4.78, 5) is 3.95. The van der Waals surface area contributed by atoms with Gasteiger partial charge in [-0.3, -0.25) is 0 Å². The molecule has 7 heteroatoms. The molecule has 4 nitrogen and oxygen atoms in total. The van der Waals surface area contributed by atoms with Gasteiger partial charge in [0.05, 0.1) is 11.4 Å². The third-order valence-corrected chi connectivity index (χ3v) is 4.45. The lowest BCUT2D eigenvalue weighted by molar-refractivity contribution is 0.591. The number of hydrogen-bond donors (Lipinski definition) is 1. The van der Waals surface area contributed by atoms with Crippen molar-refractivity contribution in [3.63, 3.8) is 0 Å². The number of hydrogen-bond acceptors (Lipinski definition) is 5. The number of halogens is 1. The molecule has 0 aliphatic heterocycles. The molecule has 0 bridgehead atoms. The Balaban J connectivity index is 2.50. The lowest BCUT2D eigenvalue weighted by atomic mass is 10.5. The Hall–Kier alpha value is -0.330. The minimum atomic E-state index is -2.98. The average molecular weight is 255 g/mol. The average Bonchev–Trinajstić information content (AvgIpc) is 2.45. The van der Waals surface area contributed by atoms with E-state index in [4.69, 9.17) is 11.6 Å². The topological polar surface area (TPSA) is 59.1 Å². The lowest BCUT2D eigenvalue weighted by Gasteiger charge is -2.08. The van der Waals surface area contributed by atoms with Gasteiger partial charge in [-0.2, -0.15) is 0 Å². The Kier molecular flexibility index (Phi) is 3.74. The zero-order valence-electron chi connectivity index (χ0n) is 7.82. The summed E-state index contributed by atoms with van der Waals surface area (Å²) in [6, 6.07) is 0. The first-order valence-corrected chi connectivity index (χ1v) is 7.08. The van der Waals surface area contributed by atoms with Gasteiger partial charge in [0, 0.05) is 12.8 Å². The molecule has 0 amide bonds. The molecule has 0 saturated heterocycles. The SMILES string of the molecule is CC(CNc1ncc(Cl)s1)S(C)(=O)=O. The van der Waals surface area contributed by atoms with Gasteiger partial charge in [0.15, 0.2) is 15.0 Å². The van der Waals surface area contributed by atoms with Crippen LogP contribution in [0, 0.1) is 0 Å². The smallest absolute Gasteiger partial charge is 0.184 e. The zero-order chi connectivity index (χ0) is 10.8. The van der Waals surface area contributed by atoms with Crippen LogP contribution >= 0.6 is 22.9 Å². The summed E-state index contributed by atoms with van der Waals surface area (Å²) >= 11 is 6.95. The quantitative estimate of drug-likeness (QED) is 0.888. The van der Waals surface area contributed by atoms with Crippen LogP contribution in [0.1, 0.15) is 6.92 Å². The van der Waals surface area contributed by atoms with Crippen LogP contribution < -0.4 is 5.32 Å². The summed E-state index contributed by atoms with van der Waals surface area (Å²) in [5, 5.41) is 3.13. The van der Waals surface area contributed by atoms with Crippen LogP contribution in [0.5, 0.6) is 0 Å². The fourth-order valence-electron chi connectivity index (χ4n) is 0.719. The van der Waals surface area contributed by atoms with Crippen molar-refractivity contribution >= 4 is 37.9 Å². The first-order valence-electron chi connectivity index (χ1n) is 3.93. The fourth-order valence-corrected chi connectivity index (χ4v) is 1.92. The van der Waals surface area contributed by atoms with Gasteiger partial charge in [0.1, 0.15) is 4.34 Å². The highest BCUT2D eigenvalue weighted by molar-refractivity contribution is 7.91. The lowest BCUT2D eigenvalue weighted by Crippen LogP contribution is -2.24. The molecule has 0 aliphatic rings. The minimum absolute atomic E-state index is 0.350. The molecule has 1 aromatic heterocycles. The second-order valence-corrected chi connectivity index (χ2v) is 7.12. The van der Waals surface area contributed by atoms with Gasteiger partial charge in [0.2, 0.25) is 0 Å². The molecule has 0 saturated carbocycles. The Morgan fingerprint density at radius 1 is 1.71 bits per heavy atom. The van der Waals surface area contributed by atoms with Gasteiger partial charge in [0.25, 0.3) is 0 Å². The third-order valence-electron chi connectivity index (χ3n) is 1.75. The molecule has 0 radical (unpaired) electrons. The van der Waals surface area contributed by atoms with Crippen LogP contribution in [-0.4, -0.2) is 31.5 Å². The van der Waals surface area contributed by atoms with E-state index >= 15 is 0 Å². The molecule has 1 N–H and O–H groups in total. The fraction of sp³-hybridized carbons (Fsp3) is 0.571. The summed E-state index contributed by atoms with van der Waals surface area (Å²) < 4.78 is 22.7. The highest BCUT2D eigenvalue weighted by Crippen LogP contribution is 2.22. The van der Waals surface area contributed by atoms with Crippen molar-refractivity contribution in [2.24, 2.45) is 0 Å². The summed E-state index contributed by atoms with van der Waals surface area (Å²) in [5.74, 6) is 0. The van der Waals surface area contributed by atoms with Gasteiger partial charge in [-0.1, -0.05) is 22.9 Å². The van der Waals surface area contributed by atoms with Gasteiger partial charge >= 0.3 is 0 Å². The van der Waals surface area contributed by atoms with E-state index in [1.165, 1.54) is 23.8 Å². The van der Waals surface area contributed by atoms with Crippen LogP contribution in [0.3, 0.4) is 0 Å². The maximum absolute atomic E-state index is 11.1. The molecule has 1 aromatic rings. The first kappa shape index (κ1) is 11.7. The molecule has 1 unspecified atom stereocenters. The van der Waals surface area contributed by atoms with Crippen molar-refractivity contribution in [2.75, 3.05) is 18.1 Å². The van der Waals surface area contributed by atoms with E-state index in [1.807, 2.05) is 0 Å². The Bertz CT molecular complexity index is 402. The summed E-state index contributed by atoms with van der Waals surface area (Å²) in [5.41, 5.74) is 0. The molecule has 1 atom stereocenters. The summed E-state index contributed by atoms with van der Waals surface area (Å²) in [6.45, 7) is 2.00. The van der Waals surface area contributed by atoms with Crippen LogP contribution in [-0.2, 0) is 9.84 Å². The molecule has 0 fully saturated rings. The molecule has 0 aromatic carbocycles. The van der Waals surface area contributed by atoms with E-state index in [1.54, 1.807) is 6.92 Å². The molecule has 1 heterocycles. The number of sulfone groups is 1. The molecular formula is C7H11ClN2O2S2. The van der Waals surface area contributed by atoms with E-state index in [0.717, 1.165) is 0 Å². The highest BCUT2D eigenvalue weighted by atomic mass is 35.5. The molecule has 0 aliphatic carbocycles. The van der Waals surface area contributed by atoms with E-state index < -0.39 is 15.1 Å². The van der Waals surface area contributed by atoms with Crippen LogP contribution in [0.25, 0.3) is 0 Å². The summed E-state index contributed by atoms with van der Waals surface area (Å²) in [7, 11) is -2.98. The van der Waals surface area contributed by atoms with Crippen molar-refractivity contribution in [1.82, 2.24) is 4.98 Å². The maximum atomic E-state index is 11.1. The van der Waals surface area contributed by atoms with Gasteiger partial charge in [-0.15, -0.1) is 0 Å². The van der Waals surface area contributed by atoms with E-state index in [9.17, 15) is 8.42 Å². The van der Waals surface area contributed by atoms with Crippen LogP contribution in [0.15, 0.2) is 6.20 Å². The Labute approximate surface area is 92.2 Å². The second-order valence-electron chi connectivity index (χ2n) is 2.99. The second kappa shape index (κ2) is 4.46. The van der Waals surface area contributed by atoms with Crippen molar-refractivity contribution in [3.05, 3.63) is 10.5 Å². The van der Waals surface area contributed by atoms with Crippen LogP contribution in [0.4, 0.5) is 5.13 Å². The highest BCUT2D eigenvalue weighted by Gasteiger charge is 2.14. The monoisotopic (exact) mass is 254 g/mol. The van der Waals surface area contributed by atoms with Crippen molar-refractivity contribution in [3.8, 4) is 0 Å². The van der Waals surface area contributed by atoms with Crippen molar-refractivity contribution in [1.29, 1.82) is 0 Å². The normalized spacial score (nSPS) is 13.9. The molecule has 1 rings (SSSR count). The van der Waals surface area contributed by atoms with Gasteiger partial charge in [-0.25, -0.2) is 13.4 Å². The molecular weight excluding hydrogens is 244 g/mol. The van der Waals surface area contributed by atoms with Crippen molar-refractivity contribution < 1.29 is 8.42 Å². The predicted molar refractivity (Wildman–Crippen MR) is 59.9 cm³/mol. The van der Waals surface area contributed by atoms with Gasteiger partial charge in [-0.05, 0) is 6.92 Å². The molecule has 0 spiro atoms. The predicted octanol–water partition coefficient (Wildman–Crippen LogP) is 1.64. The number of aromatic nitrogens is 1. The van der Waals surface area contributed by atoms with E-state index in [0.29, 0.717) is 16.0 Å². The Morgan fingerprint density at radius 2 is 2.36 bits per heavy atom. The number of nitrogens with one attached hydrogen (secondary N) is 1. The molecule has 14 heavy (non-hydrogen) atoms. The number of anilines is 1. The maximum Gasteiger partial charge on any atom is 0.184 e.